The first-order valence-electron chi connectivity index (χ1n) is 9.22. The van der Waals surface area contributed by atoms with Gasteiger partial charge in [0.25, 0.3) is 0 Å². The van der Waals surface area contributed by atoms with Crippen molar-refractivity contribution < 1.29 is 0 Å². The molecule has 1 N–H and O–H groups in total. The zero-order valence-electron chi connectivity index (χ0n) is 15.2. The Labute approximate surface area is 158 Å². The van der Waals surface area contributed by atoms with Gasteiger partial charge in [-0.2, -0.15) is 0 Å². The van der Waals surface area contributed by atoms with Crippen LogP contribution in [-0.4, -0.2) is 4.57 Å². The van der Waals surface area contributed by atoms with E-state index < -0.39 is 0 Å². The number of nitrogens with zero attached hydrogens (tertiary/aromatic N) is 1. The Morgan fingerprint density at radius 1 is 0.593 bits per heavy atom. The van der Waals surface area contributed by atoms with Gasteiger partial charge in [-0.25, -0.2) is 0 Å². The number of hydrogen-bond donors (Lipinski definition) is 1. The lowest BCUT2D eigenvalue weighted by atomic mass is 10.1. The van der Waals surface area contributed by atoms with E-state index >= 15 is 0 Å². The molecule has 130 valence electrons. The van der Waals surface area contributed by atoms with Crippen LogP contribution in [0.15, 0.2) is 97.1 Å². The van der Waals surface area contributed by atoms with Gasteiger partial charge in [0.05, 0.1) is 11.0 Å². The van der Waals surface area contributed by atoms with Gasteiger partial charge in [-0.15, -0.1) is 0 Å². The van der Waals surface area contributed by atoms with Crippen LogP contribution in [0, 0.1) is 6.92 Å². The van der Waals surface area contributed by atoms with Crippen molar-refractivity contribution in [2.24, 2.45) is 0 Å². The van der Waals surface area contributed by atoms with Crippen LogP contribution in [0.4, 0.5) is 11.4 Å². The van der Waals surface area contributed by atoms with Gasteiger partial charge in [-0.3, -0.25) is 0 Å². The van der Waals surface area contributed by atoms with Crippen molar-refractivity contribution in [3.05, 3.63) is 103 Å². The minimum absolute atomic E-state index is 1.08. The monoisotopic (exact) mass is 348 g/mol. The molecule has 0 atom stereocenters. The maximum Gasteiger partial charge on any atom is 0.0541 e. The van der Waals surface area contributed by atoms with Crippen LogP contribution in [0.25, 0.3) is 27.5 Å². The minimum atomic E-state index is 1.08. The van der Waals surface area contributed by atoms with Crippen LogP contribution in [0.5, 0.6) is 0 Å². The molecule has 0 saturated carbocycles. The van der Waals surface area contributed by atoms with Gasteiger partial charge in [0.2, 0.25) is 0 Å². The second-order valence-electron chi connectivity index (χ2n) is 6.91. The van der Waals surface area contributed by atoms with E-state index in [0.29, 0.717) is 0 Å². The Bertz CT molecular complexity index is 1230. The summed E-state index contributed by atoms with van der Waals surface area (Å²) in [5.41, 5.74) is 7.11. The molecule has 27 heavy (non-hydrogen) atoms. The molecular weight excluding hydrogens is 328 g/mol. The fourth-order valence-corrected chi connectivity index (χ4v) is 3.75. The molecule has 0 aliphatic carbocycles. The number of para-hydroxylation sites is 2. The third kappa shape index (κ3) is 2.76. The van der Waals surface area contributed by atoms with Crippen LogP contribution in [0.2, 0.25) is 0 Å². The largest absolute Gasteiger partial charge is 0.356 e. The summed E-state index contributed by atoms with van der Waals surface area (Å²) in [5.74, 6) is 0. The van der Waals surface area contributed by atoms with E-state index in [4.69, 9.17) is 0 Å². The highest BCUT2D eigenvalue weighted by molar-refractivity contribution is 6.09. The van der Waals surface area contributed by atoms with Gasteiger partial charge in [-0.1, -0.05) is 48.0 Å². The van der Waals surface area contributed by atoms with Gasteiger partial charge >= 0.3 is 0 Å². The van der Waals surface area contributed by atoms with E-state index in [2.05, 4.69) is 95.7 Å². The zero-order chi connectivity index (χ0) is 18.2. The number of aryl methyl sites for hydroxylation is 1. The third-order valence-corrected chi connectivity index (χ3v) is 5.02. The molecule has 0 amide bonds. The molecule has 2 heteroatoms. The lowest BCUT2D eigenvalue weighted by Gasteiger charge is -2.10. The number of nitrogens with one attached hydrogen (secondary N) is 1. The molecule has 0 radical (unpaired) electrons. The maximum atomic E-state index is 3.45. The summed E-state index contributed by atoms with van der Waals surface area (Å²) in [4.78, 5) is 0. The lowest BCUT2D eigenvalue weighted by Crippen LogP contribution is -1.95. The number of aromatic nitrogens is 1. The molecule has 5 aromatic rings. The van der Waals surface area contributed by atoms with Gasteiger partial charge in [0, 0.05) is 27.8 Å². The van der Waals surface area contributed by atoms with Crippen molar-refractivity contribution in [2.75, 3.05) is 5.32 Å². The van der Waals surface area contributed by atoms with Crippen molar-refractivity contribution in [1.82, 2.24) is 4.57 Å². The zero-order valence-corrected chi connectivity index (χ0v) is 15.2. The summed E-state index contributed by atoms with van der Waals surface area (Å²) >= 11 is 0. The first-order valence-corrected chi connectivity index (χ1v) is 9.22. The quantitative estimate of drug-likeness (QED) is 0.378. The fraction of sp³-hybridized carbons (Fsp3) is 0.0400. The fourth-order valence-electron chi connectivity index (χ4n) is 3.75. The average Bonchev–Trinajstić information content (AvgIpc) is 3.03. The number of fused-ring (bicyclic) bond motifs is 3. The second-order valence-corrected chi connectivity index (χ2v) is 6.91. The predicted octanol–water partition coefficient (Wildman–Crippen LogP) is 6.84. The molecule has 0 spiro atoms. The normalized spacial score (nSPS) is 11.1. The van der Waals surface area contributed by atoms with E-state index in [-0.39, 0.29) is 0 Å². The van der Waals surface area contributed by atoms with Crippen molar-refractivity contribution in [3.8, 4) is 5.69 Å². The summed E-state index contributed by atoms with van der Waals surface area (Å²) in [6, 6.07) is 34.2. The van der Waals surface area contributed by atoms with E-state index in [1.807, 2.05) is 18.2 Å². The number of benzene rings is 4. The molecule has 0 aliphatic heterocycles. The van der Waals surface area contributed by atoms with Crippen LogP contribution >= 0.6 is 0 Å². The molecule has 4 aromatic carbocycles. The molecule has 5 rings (SSSR count). The van der Waals surface area contributed by atoms with Crippen LogP contribution < -0.4 is 5.32 Å². The van der Waals surface area contributed by atoms with E-state index in [0.717, 1.165) is 11.4 Å². The highest BCUT2D eigenvalue weighted by Crippen LogP contribution is 2.32. The third-order valence-electron chi connectivity index (χ3n) is 5.02. The minimum Gasteiger partial charge on any atom is -0.356 e. The number of anilines is 2. The molecule has 1 heterocycles. The Hall–Kier alpha value is -3.52. The standard InChI is InChI=1S/C25H20N2/c1-18-11-16-25-23(17-18)22-9-5-6-10-24(22)27(25)21-14-12-20(13-15-21)26-19-7-3-2-4-8-19/h2-17,26H,1H3. The van der Waals surface area contributed by atoms with E-state index in [9.17, 15) is 0 Å². The number of hydrogen-bond acceptors (Lipinski definition) is 1. The lowest BCUT2D eigenvalue weighted by molar-refractivity contribution is 1.18. The SMILES string of the molecule is Cc1ccc2c(c1)c1ccccc1n2-c1ccc(Nc2ccccc2)cc1. The van der Waals surface area contributed by atoms with Crippen LogP contribution in [-0.2, 0) is 0 Å². The van der Waals surface area contributed by atoms with Crippen molar-refractivity contribution in [1.29, 1.82) is 0 Å². The van der Waals surface area contributed by atoms with Crippen molar-refractivity contribution >= 4 is 33.2 Å². The highest BCUT2D eigenvalue weighted by Gasteiger charge is 2.11. The molecular formula is C25H20N2. The Morgan fingerprint density at radius 2 is 1.26 bits per heavy atom. The van der Waals surface area contributed by atoms with Crippen molar-refractivity contribution in [2.45, 2.75) is 6.92 Å². The molecule has 1 aromatic heterocycles. The maximum absolute atomic E-state index is 3.45. The topological polar surface area (TPSA) is 17.0 Å². The van der Waals surface area contributed by atoms with Crippen LogP contribution in [0.1, 0.15) is 5.56 Å². The first kappa shape index (κ1) is 15.7. The van der Waals surface area contributed by atoms with E-state index in [1.165, 1.54) is 33.1 Å². The van der Waals surface area contributed by atoms with Gasteiger partial charge in [-0.05, 0) is 61.5 Å². The van der Waals surface area contributed by atoms with Gasteiger partial charge in [0.1, 0.15) is 0 Å². The molecule has 0 fully saturated rings. The predicted molar refractivity (Wildman–Crippen MR) is 115 cm³/mol. The summed E-state index contributed by atoms with van der Waals surface area (Å²) in [5, 5.41) is 6.05. The van der Waals surface area contributed by atoms with Gasteiger partial charge in [0.15, 0.2) is 0 Å². The summed E-state index contributed by atoms with van der Waals surface area (Å²) in [7, 11) is 0. The number of rotatable bonds is 3. The van der Waals surface area contributed by atoms with Crippen LogP contribution in [0.3, 0.4) is 0 Å². The average molecular weight is 348 g/mol. The molecule has 0 unspecified atom stereocenters. The Kier molecular flexibility index (Phi) is 3.68. The summed E-state index contributed by atoms with van der Waals surface area (Å²) in [6.45, 7) is 2.15. The second kappa shape index (κ2) is 6.33. The molecule has 0 bridgehead atoms. The Balaban J connectivity index is 1.62. The van der Waals surface area contributed by atoms with Crippen molar-refractivity contribution in [3.63, 3.8) is 0 Å². The first-order chi connectivity index (χ1) is 13.3. The highest BCUT2D eigenvalue weighted by atomic mass is 15.0. The molecule has 0 saturated heterocycles. The molecule has 0 aliphatic rings. The summed E-state index contributed by atoms with van der Waals surface area (Å²) in [6.07, 6.45) is 0. The molecule has 2 nitrogen and oxygen atoms in total. The summed E-state index contributed by atoms with van der Waals surface area (Å²) < 4.78 is 2.34. The smallest absolute Gasteiger partial charge is 0.0541 e. The Morgan fingerprint density at radius 3 is 2.07 bits per heavy atom. The van der Waals surface area contributed by atoms with E-state index in [1.54, 1.807) is 0 Å². The van der Waals surface area contributed by atoms with Gasteiger partial charge < -0.3 is 9.88 Å².